The highest BCUT2D eigenvalue weighted by Gasteiger charge is 2.24. The third kappa shape index (κ3) is 3.37. The smallest absolute Gasteiger partial charge is 0.208 e. The van der Waals surface area contributed by atoms with Crippen LogP contribution >= 0.6 is 0 Å². The molecular formula is C14H28N4. The molecule has 0 spiro atoms. The van der Waals surface area contributed by atoms with Gasteiger partial charge in [-0.1, -0.05) is 19.8 Å². The van der Waals surface area contributed by atoms with Crippen LogP contribution in [0.25, 0.3) is 0 Å². The van der Waals surface area contributed by atoms with E-state index in [-0.39, 0.29) is 0 Å². The summed E-state index contributed by atoms with van der Waals surface area (Å²) in [6.07, 6.45) is 10.3. The Hall–Kier alpha value is -0.770. The summed E-state index contributed by atoms with van der Waals surface area (Å²) in [5.74, 6) is 7.44. The van der Waals surface area contributed by atoms with Crippen LogP contribution in [0, 0.1) is 5.92 Å². The van der Waals surface area contributed by atoms with E-state index in [4.69, 9.17) is 10.8 Å². The van der Waals surface area contributed by atoms with E-state index < -0.39 is 0 Å². The van der Waals surface area contributed by atoms with Gasteiger partial charge in [0.25, 0.3) is 0 Å². The first-order valence-electron chi connectivity index (χ1n) is 7.48. The molecule has 0 atom stereocenters. The van der Waals surface area contributed by atoms with Gasteiger partial charge in [-0.3, -0.25) is 5.43 Å². The Balaban J connectivity index is 1.93. The largest absolute Gasteiger partial charge is 0.342 e. The number of rotatable bonds is 2. The molecule has 2 fully saturated rings. The molecule has 3 N–H and O–H groups in total. The fourth-order valence-electron chi connectivity index (χ4n) is 3.24. The Morgan fingerprint density at radius 1 is 1.11 bits per heavy atom. The number of hydrazine groups is 1. The van der Waals surface area contributed by atoms with Gasteiger partial charge in [-0.2, -0.15) is 0 Å². The van der Waals surface area contributed by atoms with Crippen molar-refractivity contribution in [3.05, 3.63) is 0 Å². The van der Waals surface area contributed by atoms with Crippen molar-refractivity contribution in [3.63, 3.8) is 0 Å². The average Bonchev–Trinajstić information content (AvgIpc) is 2.89. The first kappa shape index (κ1) is 13.7. The van der Waals surface area contributed by atoms with Crippen molar-refractivity contribution in [2.45, 2.75) is 70.4 Å². The van der Waals surface area contributed by atoms with Gasteiger partial charge in [0, 0.05) is 13.1 Å². The van der Waals surface area contributed by atoms with E-state index >= 15 is 0 Å². The van der Waals surface area contributed by atoms with Gasteiger partial charge in [-0.05, 0) is 44.4 Å². The predicted octanol–water partition coefficient (Wildman–Crippen LogP) is 2.26. The maximum atomic E-state index is 5.66. The Labute approximate surface area is 111 Å². The van der Waals surface area contributed by atoms with Crippen molar-refractivity contribution in [1.82, 2.24) is 10.3 Å². The van der Waals surface area contributed by atoms with Crippen molar-refractivity contribution < 1.29 is 0 Å². The maximum absolute atomic E-state index is 5.66. The number of hydrogen-bond donors (Lipinski definition) is 2. The summed E-state index contributed by atoms with van der Waals surface area (Å²) >= 11 is 0. The monoisotopic (exact) mass is 252 g/mol. The van der Waals surface area contributed by atoms with Gasteiger partial charge in [-0.25, -0.2) is 10.8 Å². The summed E-state index contributed by atoms with van der Waals surface area (Å²) in [6, 6.07) is 1.10. The Morgan fingerprint density at radius 2 is 1.72 bits per heavy atom. The minimum atomic E-state index is 0.487. The molecule has 18 heavy (non-hydrogen) atoms. The molecule has 0 amide bonds. The molecule has 104 valence electrons. The molecule has 0 radical (unpaired) electrons. The predicted molar refractivity (Wildman–Crippen MR) is 76.2 cm³/mol. The third-order valence-electron chi connectivity index (χ3n) is 4.63. The van der Waals surface area contributed by atoms with E-state index in [0.29, 0.717) is 12.1 Å². The molecule has 4 heteroatoms. The van der Waals surface area contributed by atoms with Gasteiger partial charge in [0.2, 0.25) is 5.96 Å². The van der Waals surface area contributed by atoms with Crippen LogP contribution in [0.15, 0.2) is 4.99 Å². The fraction of sp³-hybridized carbons (Fsp3) is 0.929. The summed E-state index contributed by atoms with van der Waals surface area (Å²) in [4.78, 5) is 7.06. The quantitative estimate of drug-likeness (QED) is 0.343. The molecule has 0 aromatic carbocycles. The SMILES string of the molecule is CC1CCC(N(C)C(=NC2CCCC2)NN)CC1. The zero-order valence-corrected chi connectivity index (χ0v) is 11.9. The third-order valence-corrected chi connectivity index (χ3v) is 4.63. The lowest BCUT2D eigenvalue weighted by molar-refractivity contribution is 0.233. The normalized spacial score (nSPS) is 30.5. The molecule has 0 saturated heterocycles. The second-order valence-corrected chi connectivity index (χ2v) is 6.06. The minimum Gasteiger partial charge on any atom is -0.342 e. The Kier molecular flexibility index (Phi) is 4.87. The van der Waals surface area contributed by atoms with Crippen molar-refractivity contribution in [2.24, 2.45) is 16.8 Å². The molecule has 0 heterocycles. The van der Waals surface area contributed by atoms with E-state index in [1.165, 1.54) is 51.4 Å². The van der Waals surface area contributed by atoms with Crippen molar-refractivity contribution >= 4 is 5.96 Å². The molecule has 2 aliphatic carbocycles. The van der Waals surface area contributed by atoms with Crippen LogP contribution < -0.4 is 11.3 Å². The average molecular weight is 252 g/mol. The van der Waals surface area contributed by atoms with Crippen LogP contribution in [0.3, 0.4) is 0 Å². The molecule has 2 rings (SSSR count). The lowest BCUT2D eigenvalue weighted by atomic mass is 9.87. The topological polar surface area (TPSA) is 53.6 Å². The van der Waals surface area contributed by atoms with E-state index in [9.17, 15) is 0 Å². The van der Waals surface area contributed by atoms with Crippen LogP contribution in [-0.2, 0) is 0 Å². The van der Waals surface area contributed by atoms with Crippen LogP contribution in [0.2, 0.25) is 0 Å². The van der Waals surface area contributed by atoms with Gasteiger partial charge >= 0.3 is 0 Å². The molecule has 0 aliphatic heterocycles. The number of hydrogen-bond acceptors (Lipinski definition) is 2. The van der Waals surface area contributed by atoms with Crippen LogP contribution in [0.1, 0.15) is 58.3 Å². The highest BCUT2D eigenvalue weighted by molar-refractivity contribution is 5.79. The summed E-state index contributed by atoms with van der Waals surface area (Å²) in [5.41, 5.74) is 2.81. The van der Waals surface area contributed by atoms with Gasteiger partial charge in [0.05, 0.1) is 6.04 Å². The second kappa shape index (κ2) is 6.41. The van der Waals surface area contributed by atoms with E-state index in [0.717, 1.165) is 11.9 Å². The number of guanidine groups is 1. The van der Waals surface area contributed by atoms with Gasteiger partial charge < -0.3 is 4.90 Å². The molecule has 4 nitrogen and oxygen atoms in total. The number of aliphatic imine (C=N–C) groups is 1. The van der Waals surface area contributed by atoms with E-state index in [1.807, 2.05) is 0 Å². The molecule has 0 unspecified atom stereocenters. The second-order valence-electron chi connectivity index (χ2n) is 6.06. The van der Waals surface area contributed by atoms with Gasteiger partial charge in [0.1, 0.15) is 0 Å². The summed E-state index contributed by atoms with van der Waals surface area (Å²) < 4.78 is 0. The van der Waals surface area contributed by atoms with Gasteiger partial charge in [-0.15, -0.1) is 0 Å². The Bertz CT molecular complexity index is 276. The highest BCUT2D eigenvalue weighted by Crippen LogP contribution is 2.27. The maximum Gasteiger partial charge on any atom is 0.208 e. The lowest BCUT2D eigenvalue weighted by Gasteiger charge is -2.35. The fourth-order valence-corrected chi connectivity index (χ4v) is 3.24. The van der Waals surface area contributed by atoms with E-state index in [1.54, 1.807) is 0 Å². The van der Waals surface area contributed by atoms with Crippen LogP contribution in [0.5, 0.6) is 0 Å². The number of nitrogens with zero attached hydrogens (tertiary/aromatic N) is 2. The molecule has 2 saturated carbocycles. The van der Waals surface area contributed by atoms with E-state index in [2.05, 4.69) is 24.3 Å². The van der Waals surface area contributed by atoms with Gasteiger partial charge in [0.15, 0.2) is 0 Å². The van der Waals surface area contributed by atoms with Crippen LogP contribution in [-0.4, -0.2) is 30.0 Å². The molecule has 0 bridgehead atoms. The lowest BCUT2D eigenvalue weighted by Crippen LogP contribution is -2.49. The standard InChI is InChI=1S/C14H28N4/c1-11-7-9-13(10-8-11)18(2)14(17-15)16-12-5-3-4-6-12/h11-13H,3-10,15H2,1-2H3,(H,16,17). The number of nitrogens with two attached hydrogens (primary N) is 1. The summed E-state index contributed by atoms with van der Waals surface area (Å²) in [5, 5.41) is 0. The molecule has 0 aromatic heterocycles. The molecular weight excluding hydrogens is 224 g/mol. The Morgan fingerprint density at radius 3 is 2.28 bits per heavy atom. The zero-order valence-electron chi connectivity index (χ0n) is 11.9. The number of nitrogens with one attached hydrogen (secondary N) is 1. The first-order chi connectivity index (χ1) is 8.70. The molecule has 2 aliphatic rings. The van der Waals surface area contributed by atoms with Crippen molar-refractivity contribution in [2.75, 3.05) is 7.05 Å². The van der Waals surface area contributed by atoms with Crippen LogP contribution in [0.4, 0.5) is 0 Å². The molecule has 0 aromatic rings. The minimum absolute atomic E-state index is 0.487. The summed E-state index contributed by atoms with van der Waals surface area (Å²) in [7, 11) is 2.13. The van der Waals surface area contributed by atoms with Crippen molar-refractivity contribution in [1.29, 1.82) is 0 Å². The first-order valence-corrected chi connectivity index (χ1v) is 7.48. The van der Waals surface area contributed by atoms with Crippen molar-refractivity contribution in [3.8, 4) is 0 Å². The zero-order chi connectivity index (χ0) is 13.0. The summed E-state index contributed by atoms with van der Waals surface area (Å²) in [6.45, 7) is 2.35. The highest BCUT2D eigenvalue weighted by atomic mass is 15.4.